The molecule has 0 bridgehead atoms. The third kappa shape index (κ3) is 23.6. The van der Waals surface area contributed by atoms with E-state index in [1.807, 2.05) is 5.32 Å². The van der Waals surface area contributed by atoms with E-state index >= 15 is 0 Å². The standard InChI is InChI=1S/C31H53N3O12/c35-21-24(31(45)46)34-27(38)20-18-23(30(43)44)33-26(37)19-17-22(29(41)42)32-25(36)15-13-11-9-7-5-3-1-2-4-6-8-10-12-14-16-28(39)40/h22-24,35H,1-21H2,(H,32,36)(H,33,37)(H,34,38)(H,39,40)(H,41,42)(H,43,44)(H,45,46)/t22?,23-,24?/m0/s1. The van der Waals surface area contributed by atoms with Crippen molar-refractivity contribution in [3.63, 3.8) is 0 Å². The molecule has 0 aromatic heterocycles. The number of amides is 3. The summed E-state index contributed by atoms with van der Waals surface area (Å²) in [6.07, 6.45) is 13.4. The quantitative estimate of drug-likeness (QED) is 0.0518. The van der Waals surface area contributed by atoms with E-state index in [-0.39, 0.29) is 25.7 Å². The van der Waals surface area contributed by atoms with Crippen molar-refractivity contribution in [1.29, 1.82) is 0 Å². The van der Waals surface area contributed by atoms with Gasteiger partial charge < -0.3 is 41.5 Å². The Balaban J connectivity index is 4.11. The first-order chi connectivity index (χ1) is 21.9. The van der Waals surface area contributed by atoms with Crippen LogP contribution in [0.2, 0.25) is 0 Å². The van der Waals surface area contributed by atoms with Gasteiger partial charge >= 0.3 is 23.9 Å². The van der Waals surface area contributed by atoms with Gasteiger partial charge in [-0.1, -0.05) is 77.0 Å². The van der Waals surface area contributed by atoms with Crippen molar-refractivity contribution in [2.24, 2.45) is 0 Å². The highest BCUT2D eigenvalue weighted by Gasteiger charge is 2.25. The average molecular weight is 660 g/mol. The van der Waals surface area contributed by atoms with E-state index < -0.39 is 79.2 Å². The molecule has 0 aliphatic rings. The van der Waals surface area contributed by atoms with Gasteiger partial charge in [0.15, 0.2) is 0 Å². The highest BCUT2D eigenvalue weighted by molar-refractivity contribution is 5.87. The summed E-state index contributed by atoms with van der Waals surface area (Å²) in [5.41, 5.74) is 0. The molecule has 15 heteroatoms. The summed E-state index contributed by atoms with van der Waals surface area (Å²) in [4.78, 5) is 80.8. The molecule has 3 amide bonds. The Hall–Kier alpha value is -3.75. The molecule has 264 valence electrons. The Morgan fingerprint density at radius 2 is 0.674 bits per heavy atom. The monoisotopic (exact) mass is 659 g/mol. The molecular formula is C31H53N3O12. The molecular weight excluding hydrogens is 606 g/mol. The van der Waals surface area contributed by atoms with Crippen LogP contribution < -0.4 is 16.0 Å². The minimum Gasteiger partial charge on any atom is -0.481 e. The van der Waals surface area contributed by atoms with Crippen LogP contribution in [0.25, 0.3) is 0 Å². The van der Waals surface area contributed by atoms with E-state index in [1.54, 1.807) is 0 Å². The number of nitrogens with one attached hydrogen (secondary N) is 3. The van der Waals surface area contributed by atoms with Crippen LogP contribution >= 0.6 is 0 Å². The summed E-state index contributed by atoms with van der Waals surface area (Å²) in [6.45, 7) is -0.856. The first kappa shape index (κ1) is 42.2. The second kappa shape index (κ2) is 26.5. The molecule has 46 heavy (non-hydrogen) atoms. The molecule has 15 nitrogen and oxygen atoms in total. The zero-order valence-electron chi connectivity index (χ0n) is 26.7. The van der Waals surface area contributed by atoms with Crippen molar-refractivity contribution in [3.8, 4) is 0 Å². The second-order valence-electron chi connectivity index (χ2n) is 11.5. The summed E-state index contributed by atoms with van der Waals surface area (Å²) >= 11 is 0. The Kier molecular flexibility index (Phi) is 24.3. The summed E-state index contributed by atoms with van der Waals surface area (Å²) in [6, 6.07) is -4.38. The maximum absolute atomic E-state index is 12.3. The fourth-order valence-electron chi connectivity index (χ4n) is 4.73. The van der Waals surface area contributed by atoms with Gasteiger partial charge in [-0.25, -0.2) is 14.4 Å². The lowest BCUT2D eigenvalue weighted by Gasteiger charge is -2.17. The van der Waals surface area contributed by atoms with Crippen molar-refractivity contribution in [2.45, 2.75) is 147 Å². The van der Waals surface area contributed by atoms with E-state index in [1.165, 1.54) is 25.7 Å². The first-order valence-corrected chi connectivity index (χ1v) is 16.3. The first-order valence-electron chi connectivity index (χ1n) is 16.3. The van der Waals surface area contributed by atoms with E-state index in [2.05, 4.69) is 10.6 Å². The molecule has 0 radical (unpaired) electrons. The van der Waals surface area contributed by atoms with E-state index in [9.17, 15) is 43.8 Å². The van der Waals surface area contributed by atoms with Gasteiger partial charge in [0.25, 0.3) is 0 Å². The van der Waals surface area contributed by atoms with Gasteiger partial charge in [0.2, 0.25) is 17.7 Å². The Morgan fingerprint density at radius 1 is 0.391 bits per heavy atom. The molecule has 0 rings (SSSR count). The molecule has 2 unspecified atom stereocenters. The molecule has 0 aliphatic heterocycles. The molecule has 0 aromatic carbocycles. The van der Waals surface area contributed by atoms with Crippen LogP contribution in [0.5, 0.6) is 0 Å². The van der Waals surface area contributed by atoms with Gasteiger partial charge in [0.1, 0.15) is 18.1 Å². The number of carbonyl (C=O) groups is 7. The number of aliphatic hydroxyl groups excluding tert-OH is 1. The van der Waals surface area contributed by atoms with Crippen LogP contribution in [0.3, 0.4) is 0 Å². The number of carbonyl (C=O) groups excluding carboxylic acids is 3. The van der Waals surface area contributed by atoms with Crippen LogP contribution in [0.4, 0.5) is 0 Å². The minimum atomic E-state index is -1.55. The van der Waals surface area contributed by atoms with Gasteiger partial charge in [-0.15, -0.1) is 0 Å². The van der Waals surface area contributed by atoms with E-state index in [4.69, 9.17) is 15.3 Å². The molecule has 0 saturated heterocycles. The summed E-state index contributed by atoms with van der Waals surface area (Å²) in [5.74, 6) is -7.06. The Bertz CT molecular complexity index is 959. The SMILES string of the molecule is O=C(O)CCCCCCCCCCCCCCCCC(=O)NC(CCC(=O)N[C@@H](CCC(=O)NC(CO)C(=O)O)C(=O)O)C(=O)O. The smallest absolute Gasteiger partial charge is 0.328 e. The lowest BCUT2D eigenvalue weighted by Crippen LogP contribution is -2.45. The fraction of sp³-hybridized carbons (Fsp3) is 0.774. The third-order valence-electron chi connectivity index (χ3n) is 7.45. The number of aliphatic carboxylic acids is 4. The van der Waals surface area contributed by atoms with Gasteiger partial charge in [-0.2, -0.15) is 0 Å². The molecule has 3 atom stereocenters. The van der Waals surface area contributed by atoms with Gasteiger partial charge in [-0.3, -0.25) is 19.2 Å². The van der Waals surface area contributed by atoms with Gasteiger partial charge in [0, 0.05) is 25.7 Å². The van der Waals surface area contributed by atoms with Crippen molar-refractivity contribution in [3.05, 3.63) is 0 Å². The van der Waals surface area contributed by atoms with Crippen LogP contribution in [-0.4, -0.2) is 91.9 Å². The van der Waals surface area contributed by atoms with E-state index in [0.29, 0.717) is 6.42 Å². The van der Waals surface area contributed by atoms with E-state index in [0.717, 1.165) is 57.8 Å². The fourth-order valence-corrected chi connectivity index (χ4v) is 4.73. The zero-order chi connectivity index (χ0) is 34.7. The number of aliphatic hydroxyl groups is 1. The number of hydrogen-bond acceptors (Lipinski definition) is 8. The van der Waals surface area contributed by atoms with Crippen LogP contribution in [0.15, 0.2) is 0 Å². The lowest BCUT2D eigenvalue weighted by atomic mass is 10.0. The number of hydrogen-bond donors (Lipinski definition) is 8. The third-order valence-corrected chi connectivity index (χ3v) is 7.45. The highest BCUT2D eigenvalue weighted by atomic mass is 16.4. The van der Waals surface area contributed by atoms with Gasteiger partial charge in [0.05, 0.1) is 6.61 Å². The largest absolute Gasteiger partial charge is 0.481 e. The van der Waals surface area contributed by atoms with Crippen LogP contribution in [0, 0.1) is 0 Å². The normalized spacial score (nSPS) is 12.8. The average Bonchev–Trinajstić information content (AvgIpc) is 2.99. The Labute approximate surface area is 269 Å². The van der Waals surface area contributed by atoms with Crippen molar-refractivity contribution < 1.29 is 59.1 Å². The number of unbranched alkanes of at least 4 members (excludes halogenated alkanes) is 13. The molecule has 0 aliphatic carbocycles. The summed E-state index contributed by atoms with van der Waals surface area (Å²) < 4.78 is 0. The lowest BCUT2D eigenvalue weighted by molar-refractivity contribution is -0.144. The number of carboxylic acid groups (broad SMARTS) is 4. The minimum absolute atomic E-state index is 0.147. The zero-order valence-corrected chi connectivity index (χ0v) is 26.7. The summed E-state index contributed by atoms with van der Waals surface area (Å²) in [7, 11) is 0. The number of rotatable bonds is 30. The van der Waals surface area contributed by atoms with Gasteiger partial charge in [-0.05, 0) is 25.7 Å². The maximum atomic E-state index is 12.3. The molecule has 0 spiro atoms. The molecule has 0 saturated carbocycles. The second-order valence-corrected chi connectivity index (χ2v) is 11.5. The summed E-state index contributed by atoms with van der Waals surface area (Å²) in [5, 5.41) is 51.8. The Morgan fingerprint density at radius 3 is 0.978 bits per heavy atom. The molecule has 0 heterocycles. The predicted molar refractivity (Wildman–Crippen MR) is 166 cm³/mol. The predicted octanol–water partition coefficient (Wildman–Crippen LogP) is 2.57. The van der Waals surface area contributed by atoms with Crippen LogP contribution in [0.1, 0.15) is 128 Å². The molecule has 0 aromatic rings. The van der Waals surface area contributed by atoms with Crippen molar-refractivity contribution in [2.75, 3.05) is 6.61 Å². The van der Waals surface area contributed by atoms with Crippen molar-refractivity contribution >= 4 is 41.6 Å². The molecule has 0 fully saturated rings. The number of carboxylic acids is 4. The highest BCUT2D eigenvalue weighted by Crippen LogP contribution is 2.14. The van der Waals surface area contributed by atoms with Crippen molar-refractivity contribution in [1.82, 2.24) is 16.0 Å². The van der Waals surface area contributed by atoms with Crippen LogP contribution in [-0.2, 0) is 33.6 Å². The topological polar surface area (TPSA) is 257 Å². The maximum Gasteiger partial charge on any atom is 0.328 e. The molecule has 8 N–H and O–H groups in total.